The molecule has 2 aromatic carbocycles. The molecule has 0 radical (unpaired) electrons. The van der Waals surface area contributed by atoms with Gasteiger partial charge in [0.25, 0.3) is 0 Å². The van der Waals surface area contributed by atoms with E-state index in [1.807, 2.05) is 36.5 Å². The number of ether oxygens (including phenoxy) is 1. The highest BCUT2D eigenvalue weighted by Gasteiger charge is 2.08. The number of rotatable bonds is 4. The van der Waals surface area contributed by atoms with Crippen LogP contribution in [0.4, 0.5) is 0 Å². The quantitative estimate of drug-likeness (QED) is 0.534. The normalized spacial score (nSPS) is 11.1. The topological polar surface area (TPSA) is 62.5 Å². The first-order valence-electron chi connectivity index (χ1n) is 7.06. The van der Waals surface area contributed by atoms with E-state index in [4.69, 9.17) is 28.6 Å². The number of nitrogens with zero attached hydrogens (tertiary/aromatic N) is 2. The van der Waals surface area contributed by atoms with E-state index in [1.165, 1.54) is 7.11 Å². The summed E-state index contributed by atoms with van der Waals surface area (Å²) in [4.78, 5) is 3.11. The molecule has 24 heavy (non-hydrogen) atoms. The van der Waals surface area contributed by atoms with Crippen molar-refractivity contribution in [2.24, 2.45) is 5.10 Å². The van der Waals surface area contributed by atoms with Gasteiger partial charge in [-0.15, -0.1) is 0 Å². The lowest BCUT2D eigenvalue weighted by molar-refractivity contribution is 0.373. The lowest BCUT2D eigenvalue weighted by Crippen LogP contribution is -1.91. The van der Waals surface area contributed by atoms with Gasteiger partial charge in [-0.2, -0.15) is 5.10 Å². The molecule has 5 nitrogen and oxygen atoms in total. The molecule has 0 atom stereocenters. The van der Waals surface area contributed by atoms with Crippen LogP contribution in [0.5, 0.6) is 11.5 Å². The number of methoxy groups -OCH3 is 1. The van der Waals surface area contributed by atoms with Gasteiger partial charge in [-0.3, -0.25) is 0 Å². The van der Waals surface area contributed by atoms with Gasteiger partial charge in [0.2, 0.25) is 0 Å². The van der Waals surface area contributed by atoms with Gasteiger partial charge in [-0.05, 0) is 35.5 Å². The molecule has 0 aliphatic carbocycles. The van der Waals surface area contributed by atoms with Gasteiger partial charge < -0.3 is 14.8 Å². The maximum atomic E-state index is 9.75. The van der Waals surface area contributed by atoms with Crippen molar-refractivity contribution in [2.45, 2.75) is 0 Å². The molecule has 0 saturated heterocycles. The summed E-state index contributed by atoms with van der Waals surface area (Å²) < 4.78 is 7.11. The molecule has 0 spiro atoms. The third-order valence-electron chi connectivity index (χ3n) is 3.39. The fourth-order valence-electron chi connectivity index (χ4n) is 2.19. The van der Waals surface area contributed by atoms with E-state index in [1.54, 1.807) is 23.0 Å². The fourth-order valence-corrected chi connectivity index (χ4v) is 2.62. The molecular weight excluding hydrogens is 346 g/mol. The predicted molar refractivity (Wildman–Crippen MR) is 97.7 cm³/mol. The molecule has 0 fully saturated rings. The smallest absolute Gasteiger partial charge is 0.198 e. The molecule has 0 bridgehead atoms. The van der Waals surface area contributed by atoms with E-state index in [2.05, 4.69) is 10.1 Å². The van der Waals surface area contributed by atoms with Crippen LogP contribution in [0.1, 0.15) is 5.56 Å². The van der Waals surface area contributed by atoms with Crippen LogP contribution in [0.25, 0.3) is 11.3 Å². The highest BCUT2D eigenvalue weighted by Crippen LogP contribution is 2.34. The lowest BCUT2D eigenvalue weighted by Gasteiger charge is -2.05. The van der Waals surface area contributed by atoms with E-state index in [9.17, 15) is 5.11 Å². The number of H-pyrrole nitrogens is 1. The zero-order chi connectivity index (χ0) is 17.1. The number of phenols is 1. The van der Waals surface area contributed by atoms with Crippen molar-refractivity contribution in [1.82, 2.24) is 9.66 Å². The standard InChI is InChI=1S/C17H14ClN3O2S/c1-23-15-8-11(7-13(18)16(15)22)9-19-21-10-14(20-17(21)24)12-5-3-2-4-6-12/h2-10,22H,1H3,(H,20,24). The van der Waals surface area contributed by atoms with Gasteiger partial charge in [-0.25, -0.2) is 4.68 Å². The summed E-state index contributed by atoms with van der Waals surface area (Å²) in [7, 11) is 1.46. The monoisotopic (exact) mass is 359 g/mol. The lowest BCUT2D eigenvalue weighted by atomic mass is 10.2. The first kappa shape index (κ1) is 16.3. The zero-order valence-corrected chi connectivity index (χ0v) is 14.3. The van der Waals surface area contributed by atoms with Crippen LogP contribution in [0.15, 0.2) is 53.8 Å². The number of hydrogen-bond donors (Lipinski definition) is 2. The number of aromatic amines is 1. The second-order valence-electron chi connectivity index (χ2n) is 4.98. The Kier molecular flexibility index (Phi) is 4.69. The van der Waals surface area contributed by atoms with Crippen LogP contribution >= 0.6 is 23.8 Å². The van der Waals surface area contributed by atoms with Crippen molar-refractivity contribution < 1.29 is 9.84 Å². The Morgan fingerprint density at radius 2 is 2.04 bits per heavy atom. The number of nitrogens with one attached hydrogen (secondary N) is 1. The summed E-state index contributed by atoms with van der Waals surface area (Å²) in [6.07, 6.45) is 3.40. The molecule has 0 amide bonds. The maximum Gasteiger partial charge on any atom is 0.198 e. The van der Waals surface area contributed by atoms with Crippen LogP contribution in [0, 0.1) is 4.77 Å². The van der Waals surface area contributed by atoms with Crippen LogP contribution in [-0.4, -0.2) is 28.1 Å². The van der Waals surface area contributed by atoms with E-state index in [-0.39, 0.29) is 16.5 Å². The molecule has 0 unspecified atom stereocenters. The number of phenolic OH excluding ortho intramolecular Hbond substituents is 1. The van der Waals surface area contributed by atoms with Crippen molar-refractivity contribution in [1.29, 1.82) is 0 Å². The summed E-state index contributed by atoms with van der Waals surface area (Å²) in [5.74, 6) is 0.188. The Morgan fingerprint density at radius 3 is 2.75 bits per heavy atom. The van der Waals surface area contributed by atoms with Crippen molar-refractivity contribution >= 4 is 30.0 Å². The molecule has 0 saturated carbocycles. The summed E-state index contributed by atoms with van der Waals surface area (Å²) in [5, 5.41) is 14.3. The molecule has 7 heteroatoms. The van der Waals surface area contributed by atoms with Crippen molar-refractivity contribution in [2.75, 3.05) is 7.11 Å². The molecule has 122 valence electrons. The van der Waals surface area contributed by atoms with Gasteiger partial charge in [0.1, 0.15) is 0 Å². The van der Waals surface area contributed by atoms with E-state index >= 15 is 0 Å². The first-order chi connectivity index (χ1) is 11.6. The maximum absolute atomic E-state index is 9.75. The third kappa shape index (κ3) is 3.34. The van der Waals surface area contributed by atoms with Gasteiger partial charge in [0.05, 0.1) is 30.2 Å². The van der Waals surface area contributed by atoms with Crippen LogP contribution in [0.3, 0.4) is 0 Å². The van der Waals surface area contributed by atoms with Gasteiger partial charge in [0.15, 0.2) is 16.3 Å². The van der Waals surface area contributed by atoms with Gasteiger partial charge >= 0.3 is 0 Å². The summed E-state index contributed by atoms with van der Waals surface area (Å²) in [5.41, 5.74) is 2.57. The first-order valence-corrected chi connectivity index (χ1v) is 7.85. The predicted octanol–water partition coefficient (Wildman–Crippen LogP) is 4.46. The number of aromatic nitrogens is 2. The summed E-state index contributed by atoms with van der Waals surface area (Å²) in [6, 6.07) is 13.1. The average Bonchev–Trinajstić information content (AvgIpc) is 2.97. The van der Waals surface area contributed by atoms with E-state index < -0.39 is 0 Å². The minimum Gasteiger partial charge on any atom is -0.503 e. The third-order valence-corrected chi connectivity index (χ3v) is 3.96. The summed E-state index contributed by atoms with van der Waals surface area (Å²) >= 11 is 11.3. The minimum absolute atomic E-state index is 0.0964. The molecule has 0 aliphatic heterocycles. The van der Waals surface area contributed by atoms with Crippen molar-refractivity contribution in [3.8, 4) is 22.8 Å². The number of hydrogen-bond acceptors (Lipinski definition) is 4. The second-order valence-corrected chi connectivity index (χ2v) is 5.78. The number of benzene rings is 2. The van der Waals surface area contributed by atoms with Crippen molar-refractivity contribution in [3.63, 3.8) is 0 Å². The Morgan fingerprint density at radius 1 is 1.29 bits per heavy atom. The number of halogens is 1. The molecule has 1 heterocycles. The molecule has 1 aromatic heterocycles. The average molecular weight is 360 g/mol. The molecule has 3 aromatic rings. The molecule has 3 rings (SSSR count). The van der Waals surface area contributed by atoms with Crippen molar-refractivity contribution in [3.05, 3.63) is 64.0 Å². The largest absolute Gasteiger partial charge is 0.503 e. The number of imidazole rings is 1. The second kappa shape index (κ2) is 6.90. The molecular formula is C17H14ClN3O2S. The number of aromatic hydroxyl groups is 1. The van der Waals surface area contributed by atoms with Gasteiger partial charge in [0, 0.05) is 0 Å². The molecule has 2 N–H and O–H groups in total. The SMILES string of the molecule is COc1cc(C=Nn2cc(-c3ccccc3)[nH]c2=S)cc(Cl)c1O. The Bertz CT molecular complexity index is 948. The fraction of sp³-hybridized carbons (Fsp3) is 0.0588. The van der Waals surface area contributed by atoms with Crippen LogP contribution in [0.2, 0.25) is 5.02 Å². The van der Waals surface area contributed by atoms with Crippen LogP contribution in [-0.2, 0) is 0 Å². The highest BCUT2D eigenvalue weighted by molar-refractivity contribution is 7.71. The van der Waals surface area contributed by atoms with E-state index in [0.29, 0.717) is 10.3 Å². The minimum atomic E-state index is -0.0964. The Hall–Kier alpha value is -2.57. The zero-order valence-electron chi connectivity index (χ0n) is 12.7. The van der Waals surface area contributed by atoms with Gasteiger partial charge in [-0.1, -0.05) is 41.9 Å². The Balaban J connectivity index is 1.92. The summed E-state index contributed by atoms with van der Waals surface area (Å²) in [6.45, 7) is 0. The Labute approximate surface area is 148 Å². The highest BCUT2D eigenvalue weighted by atomic mass is 35.5. The van der Waals surface area contributed by atoms with Crippen LogP contribution < -0.4 is 4.74 Å². The van der Waals surface area contributed by atoms with E-state index in [0.717, 1.165) is 11.3 Å². The molecule has 0 aliphatic rings.